The van der Waals surface area contributed by atoms with Crippen LogP contribution in [-0.4, -0.2) is 11.1 Å². The molecule has 2 rings (SSSR count). The largest absolute Gasteiger partial charge is 0.481 e. The standard InChI is InChI=1S/C16H16O2/c1-12-7-8-14(11-16(17)18)15(9-12)10-13-5-3-2-4-6-13/h2-9H,10-11H2,1H3,(H,17,18). The molecule has 0 radical (unpaired) electrons. The number of aliphatic carboxylic acids is 1. The summed E-state index contributed by atoms with van der Waals surface area (Å²) in [4.78, 5) is 10.9. The van der Waals surface area contributed by atoms with Gasteiger partial charge in [-0.2, -0.15) is 0 Å². The zero-order valence-corrected chi connectivity index (χ0v) is 10.4. The number of carbonyl (C=O) groups is 1. The Bertz CT molecular complexity index is 544. The summed E-state index contributed by atoms with van der Waals surface area (Å²) >= 11 is 0. The normalized spacial score (nSPS) is 10.3. The number of rotatable bonds is 4. The second kappa shape index (κ2) is 5.50. The van der Waals surface area contributed by atoms with Crippen LogP contribution < -0.4 is 0 Å². The molecule has 0 amide bonds. The fraction of sp³-hybridized carbons (Fsp3) is 0.188. The highest BCUT2D eigenvalue weighted by molar-refractivity contribution is 5.70. The lowest BCUT2D eigenvalue weighted by Crippen LogP contribution is -2.04. The molecule has 2 nitrogen and oxygen atoms in total. The van der Waals surface area contributed by atoms with Crippen molar-refractivity contribution in [2.24, 2.45) is 0 Å². The Hall–Kier alpha value is -2.09. The molecule has 0 aromatic heterocycles. The van der Waals surface area contributed by atoms with Crippen molar-refractivity contribution in [2.75, 3.05) is 0 Å². The number of hydrogen-bond donors (Lipinski definition) is 1. The monoisotopic (exact) mass is 240 g/mol. The van der Waals surface area contributed by atoms with E-state index >= 15 is 0 Å². The highest BCUT2D eigenvalue weighted by Crippen LogP contribution is 2.17. The molecule has 0 aliphatic heterocycles. The molecule has 92 valence electrons. The molecule has 0 unspecified atom stereocenters. The number of carboxylic acid groups (broad SMARTS) is 1. The van der Waals surface area contributed by atoms with Gasteiger partial charge in [-0.25, -0.2) is 0 Å². The van der Waals surface area contributed by atoms with Gasteiger partial charge in [0.15, 0.2) is 0 Å². The van der Waals surface area contributed by atoms with E-state index in [4.69, 9.17) is 5.11 Å². The smallest absolute Gasteiger partial charge is 0.307 e. The molecule has 0 spiro atoms. The summed E-state index contributed by atoms with van der Waals surface area (Å²) in [5.74, 6) is -0.784. The Labute approximate surface area is 107 Å². The van der Waals surface area contributed by atoms with Crippen molar-refractivity contribution >= 4 is 5.97 Å². The van der Waals surface area contributed by atoms with Crippen LogP contribution in [0.2, 0.25) is 0 Å². The van der Waals surface area contributed by atoms with Crippen molar-refractivity contribution < 1.29 is 9.90 Å². The molecule has 18 heavy (non-hydrogen) atoms. The van der Waals surface area contributed by atoms with Gasteiger partial charge in [0.05, 0.1) is 6.42 Å². The average Bonchev–Trinajstić information content (AvgIpc) is 2.33. The van der Waals surface area contributed by atoms with Crippen LogP contribution in [0.5, 0.6) is 0 Å². The van der Waals surface area contributed by atoms with Gasteiger partial charge in [-0.1, -0.05) is 54.1 Å². The van der Waals surface area contributed by atoms with Gasteiger partial charge in [0.1, 0.15) is 0 Å². The van der Waals surface area contributed by atoms with Gasteiger partial charge in [-0.05, 0) is 30.0 Å². The van der Waals surface area contributed by atoms with Crippen LogP contribution in [0.4, 0.5) is 0 Å². The molecule has 0 bridgehead atoms. The van der Waals surface area contributed by atoms with Crippen LogP contribution >= 0.6 is 0 Å². The van der Waals surface area contributed by atoms with E-state index in [2.05, 4.69) is 18.2 Å². The molecule has 0 saturated heterocycles. The first-order valence-electron chi connectivity index (χ1n) is 5.99. The van der Waals surface area contributed by atoms with E-state index in [-0.39, 0.29) is 6.42 Å². The Balaban J connectivity index is 2.30. The zero-order chi connectivity index (χ0) is 13.0. The SMILES string of the molecule is Cc1ccc(CC(=O)O)c(Cc2ccccc2)c1. The molecule has 2 heteroatoms. The van der Waals surface area contributed by atoms with Crippen LogP contribution in [0.3, 0.4) is 0 Å². The van der Waals surface area contributed by atoms with Crippen LogP contribution in [0.15, 0.2) is 48.5 Å². The lowest BCUT2D eigenvalue weighted by molar-refractivity contribution is -0.136. The predicted octanol–water partition coefficient (Wildman–Crippen LogP) is 3.21. The van der Waals surface area contributed by atoms with Crippen molar-refractivity contribution in [3.63, 3.8) is 0 Å². The number of carboxylic acids is 1. The molecule has 0 saturated carbocycles. The van der Waals surface area contributed by atoms with Crippen LogP contribution in [0.25, 0.3) is 0 Å². The third kappa shape index (κ3) is 3.20. The quantitative estimate of drug-likeness (QED) is 0.891. The summed E-state index contributed by atoms with van der Waals surface area (Å²) in [6, 6.07) is 16.1. The van der Waals surface area contributed by atoms with Gasteiger partial charge in [-0.15, -0.1) is 0 Å². The first kappa shape index (κ1) is 12.4. The molecule has 0 heterocycles. The second-order valence-corrected chi connectivity index (χ2v) is 4.51. The first-order valence-corrected chi connectivity index (χ1v) is 5.99. The Morgan fingerprint density at radius 1 is 1.06 bits per heavy atom. The lowest BCUT2D eigenvalue weighted by atomic mass is 9.96. The Kier molecular flexibility index (Phi) is 3.78. The zero-order valence-electron chi connectivity index (χ0n) is 10.4. The van der Waals surface area contributed by atoms with E-state index in [1.165, 1.54) is 5.56 Å². The van der Waals surface area contributed by atoms with Crippen molar-refractivity contribution in [2.45, 2.75) is 19.8 Å². The summed E-state index contributed by atoms with van der Waals surface area (Å²) in [5, 5.41) is 8.93. The highest BCUT2D eigenvalue weighted by Gasteiger charge is 2.07. The minimum absolute atomic E-state index is 0.0858. The van der Waals surface area contributed by atoms with Crippen molar-refractivity contribution in [3.05, 3.63) is 70.8 Å². The average molecular weight is 240 g/mol. The molecule has 0 atom stereocenters. The van der Waals surface area contributed by atoms with Crippen LogP contribution in [-0.2, 0) is 17.6 Å². The minimum atomic E-state index is -0.784. The maximum atomic E-state index is 10.9. The van der Waals surface area contributed by atoms with Gasteiger partial charge < -0.3 is 5.11 Å². The van der Waals surface area contributed by atoms with E-state index in [0.717, 1.165) is 23.1 Å². The topological polar surface area (TPSA) is 37.3 Å². The van der Waals surface area contributed by atoms with E-state index < -0.39 is 5.97 Å². The van der Waals surface area contributed by atoms with E-state index in [1.807, 2.05) is 37.3 Å². The second-order valence-electron chi connectivity index (χ2n) is 4.51. The molecule has 2 aromatic rings. The van der Waals surface area contributed by atoms with Crippen molar-refractivity contribution in [3.8, 4) is 0 Å². The summed E-state index contributed by atoms with van der Waals surface area (Å²) in [7, 11) is 0. The Morgan fingerprint density at radius 2 is 1.78 bits per heavy atom. The van der Waals surface area contributed by atoms with Gasteiger partial charge in [0.25, 0.3) is 0 Å². The molecule has 1 N–H and O–H groups in total. The minimum Gasteiger partial charge on any atom is -0.481 e. The lowest BCUT2D eigenvalue weighted by Gasteiger charge is -2.09. The van der Waals surface area contributed by atoms with Crippen molar-refractivity contribution in [1.29, 1.82) is 0 Å². The maximum absolute atomic E-state index is 10.9. The Morgan fingerprint density at radius 3 is 2.44 bits per heavy atom. The predicted molar refractivity (Wildman–Crippen MR) is 71.8 cm³/mol. The molecule has 0 aliphatic carbocycles. The van der Waals surface area contributed by atoms with E-state index in [9.17, 15) is 4.79 Å². The number of aryl methyl sites for hydroxylation is 1. The number of benzene rings is 2. The third-order valence-electron chi connectivity index (χ3n) is 2.94. The molecular weight excluding hydrogens is 224 g/mol. The first-order chi connectivity index (χ1) is 8.65. The summed E-state index contributed by atoms with van der Waals surface area (Å²) in [5.41, 5.74) is 4.37. The van der Waals surface area contributed by atoms with Gasteiger partial charge >= 0.3 is 5.97 Å². The third-order valence-corrected chi connectivity index (χ3v) is 2.94. The van der Waals surface area contributed by atoms with E-state index in [1.54, 1.807) is 0 Å². The maximum Gasteiger partial charge on any atom is 0.307 e. The summed E-state index contributed by atoms with van der Waals surface area (Å²) in [6.07, 6.45) is 0.869. The van der Waals surface area contributed by atoms with Gasteiger partial charge in [0, 0.05) is 0 Å². The summed E-state index contributed by atoms with van der Waals surface area (Å²) in [6.45, 7) is 2.03. The van der Waals surface area contributed by atoms with E-state index in [0.29, 0.717) is 0 Å². The van der Waals surface area contributed by atoms with Crippen molar-refractivity contribution in [1.82, 2.24) is 0 Å². The molecule has 0 aliphatic rings. The van der Waals surface area contributed by atoms with Crippen LogP contribution in [0, 0.1) is 6.92 Å². The molecule has 2 aromatic carbocycles. The fourth-order valence-electron chi connectivity index (χ4n) is 2.07. The number of hydrogen-bond acceptors (Lipinski definition) is 1. The molecular formula is C16H16O2. The van der Waals surface area contributed by atoms with Gasteiger partial charge in [-0.3, -0.25) is 4.79 Å². The fourth-order valence-corrected chi connectivity index (χ4v) is 2.07. The van der Waals surface area contributed by atoms with Crippen LogP contribution in [0.1, 0.15) is 22.3 Å². The summed E-state index contributed by atoms with van der Waals surface area (Å²) < 4.78 is 0. The van der Waals surface area contributed by atoms with Gasteiger partial charge in [0.2, 0.25) is 0 Å². The molecule has 0 fully saturated rings. The highest BCUT2D eigenvalue weighted by atomic mass is 16.4.